The molecule has 0 aromatic carbocycles. The zero-order valence-electron chi connectivity index (χ0n) is 54.3. The smallest absolute Gasteiger partial charge is 0.305 e. The molecule has 0 saturated heterocycles. The van der Waals surface area contributed by atoms with Crippen LogP contribution in [0.15, 0.2) is 60.8 Å². The van der Waals surface area contributed by atoms with Gasteiger partial charge in [0.2, 0.25) is 5.91 Å². The number of hydrogen-bond donors (Lipinski definition) is 3. The number of aliphatic hydroxyl groups excluding tert-OH is 2. The number of hydrogen-bond acceptors (Lipinski definition) is 5. The molecular weight excluding hydrogens is 995 g/mol. The third-order valence-corrected chi connectivity index (χ3v) is 16.5. The molecule has 0 saturated carbocycles. The molecule has 0 aromatic rings. The highest BCUT2D eigenvalue weighted by atomic mass is 16.5. The molecule has 6 heteroatoms. The molecule has 0 fully saturated rings. The fraction of sp³-hybridized carbons (Fsp3) is 0.840. The Kier molecular flexibility index (Phi) is 67.9. The minimum atomic E-state index is -0.851. The Morgan fingerprint density at radius 3 is 0.951 bits per heavy atom. The number of amides is 1. The summed E-state index contributed by atoms with van der Waals surface area (Å²) in [6.07, 6.45) is 93.0. The summed E-state index contributed by atoms with van der Waals surface area (Å²) in [5.41, 5.74) is 0. The fourth-order valence-electron chi connectivity index (χ4n) is 11.0. The highest BCUT2D eigenvalue weighted by molar-refractivity contribution is 5.76. The van der Waals surface area contributed by atoms with Crippen LogP contribution in [0.1, 0.15) is 380 Å². The van der Waals surface area contributed by atoms with E-state index in [1.54, 1.807) is 6.08 Å². The monoisotopic (exact) mass is 1130 g/mol. The summed E-state index contributed by atoms with van der Waals surface area (Å²) in [5.74, 6) is -0.0763. The van der Waals surface area contributed by atoms with Gasteiger partial charge in [-0.1, -0.05) is 331 Å². The molecule has 474 valence electrons. The van der Waals surface area contributed by atoms with Gasteiger partial charge in [-0.15, -0.1) is 0 Å². The van der Waals surface area contributed by atoms with Gasteiger partial charge in [-0.25, -0.2) is 0 Å². The Morgan fingerprint density at radius 2 is 0.617 bits per heavy atom. The van der Waals surface area contributed by atoms with E-state index in [1.165, 1.54) is 295 Å². The minimum Gasteiger partial charge on any atom is -0.466 e. The summed E-state index contributed by atoms with van der Waals surface area (Å²) < 4.78 is 5.48. The summed E-state index contributed by atoms with van der Waals surface area (Å²) in [4.78, 5) is 24.6. The Balaban J connectivity index is 3.47. The van der Waals surface area contributed by atoms with Crippen LogP contribution in [0.3, 0.4) is 0 Å². The second kappa shape index (κ2) is 70.0. The van der Waals surface area contributed by atoms with E-state index in [9.17, 15) is 19.8 Å². The van der Waals surface area contributed by atoms with Gasteiger partial charge in [0.1, 0.15) is 0 Å². The van der Waals surface area contributed by atoms with Crippen LogP contribution in [0.4, 0.5) is 0 Å². The molecule has 0 aliphatic heterocycles. The first-order valence-electron chi connectivity index (χ1n) is 36.1. The van der Waals surface area contributed by atoms with Crippen LogP contribution in [-0.2, 0) is 14.3 Å². The van der Waals surface area contributed by atoms with Crippen LogP contribution < -0.4 is 5.32 Å². The summed E-state index contributed by atoms with van der Waals surface area (Å²) in [7, 11) is 0. The molecule has 0 heterocycles. The van der Waals surface area contributed by atoms with Gasteiger partial charge >= 0.3 is 5.97 Å². The zero-order chi connectivity index (χ0) is 58.5. The molecule has 6 nitrogen and oxygen atoms in total. The largest absolute Gasteiger partial charge is 0.466 e. The molecule has 2 unspecified atom stereocenters. The molecule has 3 N–H and O–H groups in total. The molecule has 1 amide bonds. The number of esters is 1. The van der Waals surface area contributed by atoms with Crippen molar-refractivity contribution in [2.75, 3.05) is 13.2 Å². The summed E-state index contributed by atoms with van der Waals surface area (Å²) in [6.45, 7) is 4.90. The van der Waals surface area contributed by atoms with Crippen LogP contribution in [0.5, 0.6) is 0 Å². The number of ether oxygens (including phenoxy) is 1. The maximum Gasteiger partial charge on any atom is 0.305 e. The number of nitrogens with one attached hydrogen (secondary N) is 1. The summed E-state index contributed by atoms with van der Waals surface area (Å²) >= 11 is 0. The van der Waals surface area contributed by atoms with E-state index in [2.05, 4.69) is 67.8 Å². The Hall–Kier alpha value is -2.44. The van der Waals surface area contributed by atoms with Crippen LogP contribution in [-0.4, -0.2) is 47.4 Å². The van der Waals surface area contributed by atoms with Crippen LogP contribution in [0.2, 0.25) is 0 Å². The maximum absolute atomic E-state index is 12.5. The first kappa shape index (κ1) is 78.6. The van der Waals surface area contributed by atoms with Crippen LogP contribution >= 0.6 is 0 Å². The molecule has 0 aromatic heterocycles. The average molecular weight is 1130 g/mol. The number of carbonyl (C=O) groups is 2. The number of unbranched alkanes of at least 4 members (excludes halogenated alkanes) is 48. The Bertz CT molecular complexity index is 1400. The van der Waals surface area contributed by atoms with Gasteiger partial charge < -0.3 is 20.3 Å². The minimum absolute atomic E-state index is 0.00491. The number of rotatable bonds is 67. The van der Waals surface area contributed by atoms with Crippen molar-refractivity contribution in [2.24, 2.45) is 0 Å². The van der Waals surface area contributed by atoms with Gasteiger partial charge in [0, 0.05) is 12.8 Å². The van der Waals surface area contributed by atoms with E-state index in [-0.39, 0.29) is 18.5 Å². The normalized spacial score (nSPS) is 12.9. The van der Waals surface area contributed by atoms with E-state index >= 15 is 0 Å². The van der Waals surface area contributed by atoms with Crippen LogP contribution in [0, 0.1) is 0 Å². The molecule has 0 radical (unpaired) electrons. The Labute approximate surface area is 505 Å². The maximum atomic E-state index is 12.5. The van der Waals surface area contributed by atoms with Crippen LogP contribution in [0.25, 0.3) is 0 Å². The van der Waals surface area contributed by atoms with E-state index < -0.39 is 12.1 Å². The molecule has 0 aliphatic carbocycles. The highest BCUT2D eigenvalue weighted by Gasteiger charge is 2.18. The number of aliphatic hydroxyl groups is 2. The van der Waals surface area contributed by atoms with Crippen molar-refractivity contribution in [1.29, 1.82) is 0 Å². The third-order valence-electron chi connectivity index (χ3n) is 16.5. The SMILES string of the molecule is CCCCCC/C=C\C/C=C\CCCCCCCC(=O)OCCCCCCCCCCC/C=C\C/C=C\CCCCCCCCCCCC(=O)NC(CO)C(O)/C=C/CCCCCCCCCCCCCCCCCCCCCCC. The number of carbonyl (C=O) groups excluding carboxylic acids is 2. The van der Waals surface area contributed by atoms with Crippen molar-refractivity contribution in [2.45, 2.75) is 392 Å². The van der Waals surface area contributed by atoms with Gasteiger partial charge in [0.05, 0.1) is 25.4 Å². The zero-order valence-corrected chi connectivity index (χ0v) is 54.3. The van der Waals surface area contributed by atoms with Gasteiger partial charge in [-0.3, -0.25) is 9.59 Å². The van der Waals surface area contributed by atoms with Crippen molar-refractivity contribution in [3.05, 3.63) is 60.8 Å². The predicted octanol–water partition coefficient (Wildman–Crippen LogP) is 23.4. The highest BCUT2D eigenvalue weighted by Crippen LogP contribution is 2.18. The van der Waals surface area contributed by atoms with Crippen molar-refractivity contribution in [3.8, 4) is 0 Å². The lowest BCUT2D eigenvalue weighted by atomic mass is 10.0. The average Bonchev–Trinajstić information content (AvgIpc) is 3.47. The van der Waals surface area contributed by atoms with Crippen molar-refractivity contribution in [1.82, 2.24) is 5.32 Å². The first-order chi connectivity index (χ1) is 40.0. The van der Waals surface area contributed by atoms with Gasteiger partial charge in [0.15, 0.2) is 0 Å². The van der Waals surface area contributed by atoms with Gasteiger partial charge in [-0.05, 0) is 96.3 Å². The summed E-state index contributed by atoms with van der Waals surface area (Å²) in [6, 6.07) is -0.635. The predicted molar refractivity (Wildman–Crippen MR) is 356 cm³/mol. The quantitative estimate of drug-likeness (QED) is 0.0320. The van der Waals surface area contributed by atoms with Gasteiger partial charge in [-0.2, -0.15) is 0 Å². The fourth-order valence-corrected chi connectivity index (χ4v) is 11.0. The van der Waals surface area contributed by atoms with E-state index in [4.69, 9.17) is 4.74 Å². The summed E-state index contributed by atoms with van der Waals surface area (Å²) in [5, 5.41) is 23.3. The van der Waals surface area contributed by atoms with Crippen molar-refractivity contribution in [3.63, 3.8) is 0 Å². The lowest BCUT2D eigenvalue weighted by Gasteiger charge is -2.20. The van der Waals surface area contributed by atoms with Crippen molar-refractivity contribution >= 4 is 11.9 Å². The van der Waals surface area contributed by atoms with Gasteiger partial charge in [0.25, 0.3) is 0 Å². The topological polar surface area (TPSA) is 95.9 Å². The molecule has 0 bridgehead atoms. The molecule has 0 rings (SSSR count). The standard InChI is InChI=1S/C75H139NO5/c1-3-5-7-9-11-13-15-17-19-21-22-23-27-30-33-36-39-43-47-51-55-59-63-67-73(78)72(71-77)76-74(79)68-64-60-56-52-48-44-40-37-34-31-28-25-24-26-29-32-35-38-42-46-50-54-58-62-66-70-81-75(80)69-65-61-57-53-49-45-41-20-18-16-14-12-10-8-6-4-2/h14,16,20,25-26,28-29,41,63,67,72-73,77-78H,3-13,15,17-19,21-24,27,30-40,42-62,64-66,68-71H2,1-2H3,(H,76,79)/b16-14-,28-25-,29-26-,41-20-,67-63+. The first-order valence-corrected chi connectivity index (χ1v) is 36.1. The molecular formula is C75H139NO5. The lowest BCUT2D eigenvalue weighted by Crippen LogP contribution is -2.45. The second-order valence-corrected chi connectivity index (χ2v) is 24.6. The van der Waals surface area contributed by atoms with E-state index in [0.717, 1.165) is 57.8 Å². The second-order valence-electron chi connectivity index (χ2n) is 24.6. The Morgan fingerprint density at radius 1 is 0.346 bits per heavy atom. The van der Waals surface area contributed by atoms with Crippen molar-refractivity contribution < 1.29 is 24.5 Å². The van der Waals surface area contributed by atoms with E-state index in [0.29, 0.717) is 19.4 Å². The lowest BCUT2D eigenvalue weighted by molar-refractivity contribution is -0.143. The third kappa shape index (κ3) is 66.6. The molecule has 0 spiro atoms. The van der Waals surface area contributed by atoms with E-state index in [1.807, 2.05) is 6.08 Å². The molecule has 81 heavy (non-hydrogen) atoms. The molecule has 2 atom stereocenters. The number of allylic oxidation sites excluding steroid dienone is 9. The molecule has 0 aliphatic rings.